The molecule has 1 N–H and O–H groups in total. The van der Waals surface area contributed by atoms with Crippen LogP contribution >= 0.6 is 0 Å². The summed E-state index contributed by atoms with van der Waals surface area (Å²) >= 11 is 0. The number of rotatable bonds is 9. The van der Waals surface area contributed by atoms with Crippen molar-refractivity contribution in [2.24, 2.45) is 0 Å². The number of carbonyl (C=O) groups excluding carboxylic acids is 2. The third-order valence-corrected chi connectivity index (χ3v) is 15.5. The zero-order valence-electron chi connectivity index (χ0n) is 41.5. The molecule has 14 nitrogen and oxygen atoms in total. The van der Waals surface area contributed by atoms with Gasteiger partial charge in [0.15, 0.2) is 0 Å². The van der Waals surface area contributed by atoms with E-state index in [1.165, 1.54) is 6.07 Å². The molecule has 2 aliphatic heterocycles. The van der Waals surface area contributed by atoms with Crippen LogP contribution in [0.5, 0.6) is 0 Å². The Labute approximate surface area is 408 Å². The van der Waals surface area contributed by atoms with Crippen LogP contribution < -0.4 is 10.2 Å². The van der Waals surface area contributed by atoms with Crippen molar-refractivity contribution in [2.45, 2.75) is 161 Å². The number of ether oxygens (including phenoxy) is 2. The lowest BCUT2D eigenvalue weighted by Crippen LogP contribution is -2.40. The highest BCUT2D eigenvalue weighted by molar-refractivity contribution is 5.95. The summed E-state index contributed by atoms with van der Waals surface area (Å²) in [5.41, 5.74) is 11.0. The topological polar surface area (TPSA) is 156 Å². The number of nitrogens with zero attached hydrogens (tertiary/aromatic N) is 7. The normalized spacial score (nSPS) is 23.2. The van der Waals surface area contributed by atoms with E-state index >= 15 is 0 Å². The summed E-state index contributed by atoms with van der Waals surface area (Å²) in [6, 6.07) is 18.2. The van der Waals surface area contributed by atoms with Gasteiger partial charge in [0, 0.05) is 56.0 Å². The van der Waals surface area contributed by atoms with E-state index in [1.807, 2.05) is 33.8 Å². The summed E-state index contributed by atoms with van der Waals surface area (Å²) in [5, 5.41) is 11.4. The number of anilines is 1. The van der Waals surface area contributed by atoms with Crippen molar-refractivity contribution < 1.29 is 32.5 Å². The fourth-order valence-corrected chi connectivity index (χ4v) is 11.8. The average Bonchev–Trinajstić information content (AvgIpc) is 4.13. The Morgan fingerprint density at radius 2 is 1.16 bits per heavy atom. The molecule has 0 radical (unpaired) electrons. The van der Waals surface area contributed by atoms with Gasteiger partial charge in [-0.3, -0.25) is 9.59 Å². The molecule has 368 valence electrons. The molecule has 4 fully saturated rings. The van der Waals surface area contributed by atoms with Crippen LogP contribution in [0.2, 0.25) is 0 Å². The molecule has 7 aromatic rings. The van der Waals surface area contributed by atoms with E-state index in [2.05, 4.69) is 61.2 Å². The number of halogens is 1. The zero-order valence-corrected chi connectivity index (χ0v) is 41.5. The molecule has 6 heterocycles. The molecule has 2 saturated heterocycles. The number of aromatic nitrogens is 6. The number of aryl methyl sites for hydroxylation is 5. The summed E-state index contributed by atoms with van der Waals surface area (Å²) in [6.45, 7) is 9.51. The Morgan fingerprint density at radius 1 is 0.629 bits per heavy atom. The van der Waals surface area contributed by atoms with Gasteiger partial charge >= 0.3 is 0 Å². The number of carbonyl (C=O) groups is 2. The maximum Gasteiger partial charge on any atom is 0.227 e. The third kappa shape index (κ3) is 9.06. The minimum atomic E-state index is -0.305. The van der Waals surface area contributed by atoms with Crippen molar-refractivity contribution in [3.8, 4) is 22.3 Å². The van der Waals surface area contributed by atoms with E-state index in [1.54, 1.807) is 32.1 Å². The molecule has 2 atom stereocenters. The van der Waals surface area contributed by atoms with Gasteiger partial charge in [-0.05, 0) is 165 Å². The number of imidazole rings is 2. The third-order valence-electron chi connectivity index (χ3n) is 15.5. The van der Waals surface area contributed by atoms with Crippen molar-refractivity contribution >= 4 is 39.6 Å². The van der Waals surface area contributed by atoms with Gasteiger partial charge in [0.2, 0.25) is 11.8 Å². The van der Waals surface area contributed by atoms with Crippen LogP contribution in [0.15, 0.2) is 63.6 Å². The summed E-state index contributed by atoms with van der Waals surface area (Å²) in [4.78, 5) is 37.6. The van der Waals surface area contributed by atoms with Gasteiger partial charge in [0.25, 0.3) is 0 Å². The van der Waals surface area contributed by atoms with Crippen LogP contribution in [0.4, 0.5) is 10.1 Å². The minimum absolute atomic E-state index is 0.00705. The molecule has 4 aliphatic rings. The minimum Gasteiger partial charge on any atom is -0.381 e. The fraction of sp³-hybridized carbons (Fsp3) is 0.491. The van der Waals surface area contributed by atoms with Crippen LogP contribution in [0, 0.1) is 40.4 Å². The van der Waals surface area contributed by atoms with Gasteiger partial charge in [-0.15, -0.1) is 0 Å². The first-order valence-electron chi connectivity index (χ1n) is 25.2. The van der Waals surface area contributed by atoms with Gasteiger partial charge in [-0.1, -0.05) is 28.5 Å². The van der Waals surface area contributed by atoms with Gasteiger partial charge < -0.3 is 37.9 Å². The molecule has 15 heteroatoms. The number of hydrogen-bond acceptors (Lipinski definition) is 10. The van der Waals surface area contributed by atoms with E-state index in [9.17, 15) is 14.0 Å². The largest absolute Gasteiger partial charge is 0.381 e. The molecular formula is C55H65FN8O6. The molecular weight excluding hydrogens is 888 g/mol. The van der Waals surface area contributed by atoms with E-state index in [-0.39, 0.29) is 41.9 Å². The second-order valence-electron chi connectivity index (χ2n) is 19.9. The molecule has 4 aromatic heterocycles. The van der Waals surface area contributed by atoms with Crippen LogP contribution in [-0.2, 0) is 19.1 Å². The molecule has 3 aromatic carbocycles. The van der Waals surface area contributed by atoms with Crippen LogP contribution in [0.3, 0.4) is 0 Å². The number of methoxy groups -OCH3 is 2. The van der Waals surface area contributed by atoms with Gasteiger partial charge in [-0.25, -0.2) is 14.4 Å². The van der Waals surface area contributed by atoms with E-state index in [4.69, 9.17) is 28.5 Å². The standard InChI is InChI=1S/C31H35FN4O3.C24H30N4O3/c1-18-8-10-23(17-25(18)32)35-28(6-5-7-29(35)37)31-33-26-16-21(30-19(2)34-39-20(30)3)9-15-27(26)36(31)22-11-13-24(38-4)14-12-22;1-14-23(15(2)31-27-14)16-7-12-21-20(13-16)26-24(19-5-4-6-22(29)25-19)28(21)17-8-10-18(30-3)11-9-17/h8-10,15-17,22,24,28H,5-7,11-14H2,1-4H3;7,12-13,17-19H,4-6,8-11H2,1-3H3,(H,25,29)/t22?,24?,28-;17?,18?,19-/m00/s1. The van der Waals surface area contributed by atoms with Gasteiger partial charge in [0.05, 0.1) is 57.7 Å². The number of amides is 2. The Balaban J connectivity index is 0.000000166. The maximum absolute atomic E-state index is 14.7. The SMILES string of the molecule is COC1CCC(n2c([C@@H]3CCCC(=O)N3)nc3cc(-c4c(C)noc4C)ccc32)CC1.COC1CCC(n2c([C@@H]3CCCC(=O)N3c3ccc(C)c(F)c3)nc3cc(-c4c(C)noc4C)ccc32)CC1. The van der Waals surface area contributed by atoms with E-state index in [0.717, 1.165) is 156 Å². The van der Waals surface area contributed by atoms with Crippen molar-refractivity contribution in [1.29, 1.82) is 0 Å². The quantitative estimate of drug-likeness (QED) is 0.148. The van der Waals surface area contributed by atoms with Crippen molar-refractivity contribution in [3.63, 3.8) is 0 Å². The summed E-state index contributed by atoms with van der Waals surface area (Å²) in [7, 11) is 3.59. The highest BCUT2D eigenvalue weighted by atomic mass is 19.1. The summed E-state index contributed by atoms with van der Waals surface area (Å²) in [6.07, 6.45) is 13.2. The number of benzene rings is 3. The first-order valence-corrected chi connectivity index (χ1v) is 25.2. The zero-order chi connectivity index (χ0) is 48.8. The Hall–Kier alpha value is -6.19. The van der Waals surface area contributed by atoms with Crippen molar-refractivity contribution in [2.75, 3.05) is 19.1 Å². The van der Waals surface area contributed by atoms with Crippen molar-refractivity contribution in [1.82, 2.24) is 34.7 Å². The van der Waals surface area contributed by atoms with Gasteiger partial charge in [-0.2, -0.15) is 0 Å². The number of fused-ring (bicyclic) bond motifs is 2. The summed E-state index contributed by atoms with van der Waals surface area (Å²) in [5.74, 6) is 3.27. The number of piperidine rings is 2. The predicted molar refractivity (Wildman–Crippen MR) is 266 cm³/mol. The predicted octanol–water partition coefficient (Wildman–Crippen LogP) is 11.9. The second kappa shape index (κ2) is 19.9. The molecule has 0 bridgehead atoms. The van der Waals surface area contributed by atoms with Crippen LogP contribution in [0.25, 0.3) is 44.3 Å². The molecule has 70 heavy (non-hydrogen) atoms. The second-order valence-corrected chi connectivity index (χ2v) is 19.9. The average molecular weight is 953 g/mol. The number of hydrogen-bond donors (Lipinski definition) is 1. The van der Waals surface area contributed by atoms with Crippen LogP contribution in [0.1, 0.15) is 154 Å². The molecule has 0 spiro atoms. The smallest absolute Gasteiger partial charge is 0.227 e. The van der Waals surface area contributed by atoms with Crippen LogP contribution in [-0.4, -0.2) is 67.7 Å². The molecule has 2 amide bonds. The molecule has 11 rings (SSSR count). The van der Waals surface area contributed by atoms with Gasteiger partial charge in [0.1, 0.15) is 29.0 Å². The lowest BCUT2D eigenvalue weighted by molar-refractivity contribution is -0.123. The highest BCUT2D eigenvalue weighted by Crippen LogP contribution is 2.43. The summed E-state index contributed by atoms with van der Waals surface area (Å²) < 4.78 is 41.5. The number of nitrogens with one attached hydrogen (secondary N) is 1. The first kappa shape index (κ1) is 47.5. The fourth-order valence-electron chi connectivity index (χ4n) is 11.8. The Morgan fingerprint density at radius 3 is 1.66 bits per heavy atom. The monoisotopic (exact) mass is 953 g/mol. The molecule has 0 unspecified atom stereocenters. The Kier molecular flexibility index (Phi) is 13.5. The first-order chi connectivity index (χ1) is 33.9. The Bertz CT molecular complexity index is 3000. The molecule has 2 saturated carbocycles. The lowest BCUT2D eigenvalue weighted by Gasteiger charge is -2.37. The van der Waals surface area contributed by atoms with E-state index < -0.39 is 0 Å². The lowest BCUT2D eigenvalue weighted by atomic mass is 9.91. The maximum atomic E-state index is 14.7. The highest BCUT2D eigenvalue weighted by Gasteiger charge is 2.37. The molecule has 2 aliphatic carbocycles. The van der Waals surface area contributed by atoms with Crippen molar-refractivity contribution in [3.05, 3.63) is 101 Å². The van der Waals surface area contributed by atoms with E-state index in [0.29, 0.717) is 36.2 Å².